The van der Waals surface area contributed by atoms with E-state index in [-0.39, 0.29) is 5.91 Å². The van der Waals surface area contributed by atoms with Crippen LogP contribution in [0.3, 0.4) is 0 Å². The number of halogens is 1. The van der Waals surface area contributed by atoms with Crippen LogP contribution in [0.4, 0.5) is 0 Å². The van der Waals surface area contributed by atoms with E-state index in [9.17, 15) is 4.79 Å². The lowest BCUT2D eigenvalue weighted by atomic mass is 10.1. The first-order valence-electron chi connectivity index (χ1n) is 8.55. The molecule has 0 aliphatic heterocycles. The number of carbonyl (C=O) groups excluding carboxylic acids is 1. The van der Waals surface area contributed by atoms with Gasteiger partial charge in [-0.2, -0.15) is 0 Å². The zero-order valence-electron chi connectivity index (χ0n) is 14.8. The van der Waals surface area contributed by atoms with Crippen LogP contribution in [0, 0.1) is 0 Å². The molecule has 0 bridgehead atoms. The van der Waals surface area contributed by atoms with Crippen LogP contribution < -0.4 is 15.0 Å². The molecule has 2 rings (SSSR count). The maximum Gasteiger partial charge on any atom is 0.220 e. The number of quaternary nitrogens is 1. The van der Waals surface area contributed by atoms with E-state index in [1.54, 1.807) is 0 Å². The van der Waals surface area contributed by atoms with Gasteiger partial charge in [-0.1, -0.05) is 40.2 Å². The summed E-state index contributed by atoms with van der Waals surface area (Å²) in [6.07, 6.45) is 1.17. The molecule has 0 saturated carbocycles. The van der Waals surface area contributed by atoms with Crippen LogP contribution in [0.1, 0.15) is 24.0 Å². The predicted molar refractivity (Wildman–Crippen MR) is 104 cm³/mol. The van der Waals surface area contributed by atoms with E-state index >= 15 is 0 Å². The molecule has 134 valence electrons. The van der Waals surface area contributed by atoms with Gasteiger partial charge in [-0.3, -0.25) is 4.79 Å². The lowest BCUT2D eigenvalue weighted by molar-refractivity contribution is -0.872. The predicted octanol–water partition coefficient (Wildman–Crippen LogP) is 2.57. The fraction of sp³-hybridized carbons (Fsp3) is 0.350. The first kappa shape index (κ1) is 19.5. The third-order valence-corrected chi connectivity index (χ3v) is 4.23. The number of carbonyl (C=O) groups is 1. The first-order valence-corrected chi connectivity index (χ1v) is 9.34. The minimum Gasteiger partial charge on any atom is -0.494 e. The van der Waals surface area contributed by atoms with Crippen LogP contribution in [0.5, 0.6) is 5.75 Å². The number of hydrogen-bond donors (Lipinski definition) is 2. The van der Waals surface area contributed by atoms with Crippen molar-refractivity contribution in [3.63, 3.8) is 0 Å². The Morgan fingerprint density at radius 2 is 1.68 bits per heavy atom. The molecule has 2 aromatic carbocycles. The molecular formula is C20H26BrN2O2+. The quantitative estimate of drug-likeness (QED) is 0.629. The molecule has 4 nitrogen and oxygen atoms in total. The number of rotatable bonds is 9. The Kier molecular flexibility index (Phi) is 7.95. The standard InChI is InChI=1S/C20H25BrN2O2/c1-23(2)15-17-7-5-16(6-8-17)14-22-20(24)4-3-13-25-19-11-9-18(21)10-12-19/h5-12H,3-4,13-15H2,1-2H3,(H,22,24)/p+1. The molecule has 0 heterocycles. The van der Waals surface area contributed by atoms with Crippen LogP contribution in [-0.4, -0.2) is 26.6 Å². The molecule has 0 unspecified atom stereocenters. The molecule has 0 radical (unpaired) electrons. The minimum atomic E-state index is 0.0567. The summed E-state index contributed by atoms with van der Waals surface area (Å²) in [7, 11) is 4.27. The summed E-state index contributed by atoms with van der Waals surface area (Å²) in [6, 6.07) is 16.1. The smallest absolute Gasteiger partial charge is 0.220 e. The summed E-state index contributed by atoms with van der Waals surface area (Å²) in [6.45, 7) is 2.11. The highest BCUT2D eigenvalue weighted by atomic mass is 79.9. The summed E-state index contributed by atoms with van der Waals surface area (Å²) in [4.78, 5) is 13.3. The number of nitrogens with one attached hydrogen (secondary N) is 2. The van der Waals surface area contributed by atoms with Crippen LogP contribution in [-0.2, 0) is 17.9 Å². The Morgan fingerprint density at radius 1 is 1.04 bits per heavy atom. The van der Waals surface area contributed by atoms with Crippen LogP contribution in [0.15, 0.2) is 53.0 Å². The molecule has 1 amide bonds. The molecule has 0 saturated heterocycles. The molecule has 5 heteroatoms. The molecule has 2 aromatic rings. The van der Waals surface area contributed by atoms with E-state index in [1.165, 1.54) is 10.5 Å². The van der Waals surface area contributed by atoms with E-state index in [4.69, 9.17) is 4.74 Å². The summed E-state index contributed by atoms with van der Waals surface area (Å²) >= 11 is 3.39. The molecule has 0 atom stereocenters. The first-order chi connectivity index (χ1) is 12.0. The van der Waals surface area contributed by atoms with Crippen molar-refractivity contribution in [1.29, 1.82) is 0 Å². The fourth-order valence-electron chi connectivity index (χ4n) is 2.43. The van der Waals surface area contributed by atoms with Crippen molar-refractivity contribution in [2.45, 2.75) is 25.9 Å². The summed E-state index contributed by atoms with van der Waals surface area (Å²) in [5.41, 5.74) is 2.43. The van der Waals surface area contributed by atoms with Gasteiger partial charge in [-0.15, -0.1) is 0 Å². The largest absolute Gasteiger partial charge is 0.494 e. The molecule has 0 aliphatic carbocycles. The highest BCUT2D eigenvalue weighted by molar-refractivity contribution is 9.10. The van der Waals surface area contributed by atoms with E-state index in [2.05, 4.69) is 59.6 Å². The zero-order valence-corrected chi connectivity index (χ0v) is 16.4. The summed E-state index contributed by atoms with van der Waals surface area (Å²) in [5.74, 6) is 0.879. The number of amides is 1. The van der Waals surface area contributed by atoms with E-state index in [0.717, 1.165) is 22.3 Å². The Hall–Kier alpha value is -1.85. The maximum atomic E-state index is 11.9. The second-order valence-electron chi connectivity index (χ2n) is 6.38. The van der Waals surface area contributed by atoms with Crippen molar-refractivity contribution in [2.75, 3.05) is 20.7 Å². The molecule has 25 heavy (non-hydrogen) atoms. The van der Waals surface area contributed by atoms with Crippen molar-refractivity contribution in [3.05, 3.63) is 64.1 Å². The third kappa shape index (κ3) is 7.71. The lowest BCUT2D eigenvalue weighted by Crippen LogP contribution is -3.04. The van der Waals surface area contributed by atoms with Gasteiger partial charge in [0.2, 0.25) is 5.91 Å². The highest BCUT2D eigenvalue weighted by Gasteiger charge is 2.03. The number of ether oxygens (including phenoxy) is 1. The van der Waals surface area contributed by atoms with E-state index in [0.29, 0.717) is 26.0 Å². The van der Waals surface area contributed by atoms with Gasteiger partial charge in [0.25, 0.3) is 0 Å². The topological polar surface area (TPSA) is 42.8 Å². The second kappa shape index (κ2) is 10.2. The van der Waals surface area contributed by atoms with Crippen molar-refractivity contribution >= 4 is 21.8 Å². The van der Waals surface area contributed by atoms with Gasteiger partial charge in [0, 0.05) is 23.0 Å². The van der Waals surface area contributed by atoms with Crippen molar-refractivity contribution in [3.8, 4) is 5.75 Å². The number of benzene rings is 2. The second-order valence-corrected chi connectivity index (χ2v) is 7.30. The zero-order chi connectivity index (χ0) is 18.1. The van der Waals surface area contributed by atoms with Crippen molar-refractivity contribution in [2.24, 2.45) is 0 Å². The Labute approximate surface area is 158 Å². The van der Waals surface area contributed by atoms with E-state index < -0.39 is 0 Å². The average Bonchev–Trinajstić information content (AvgIpc) is 2.59. The van der Waals surface area contributed by atoms with Gasteiger partial charge >= 0.3 is 0 Å². The van der Waals surface area contributed by atoms with Crippen LogP contribution in [0.2, 0.25) is 0 Å². The summed E-state index contributed by atoms with van der Waals surface area (Å²) < 4.78 is 6.64. The molecule has 0 aliphatic rings. The van der Waals surface area contributed by atoms with Crippen molar-refractivity contribution in [1.82, 2.24) is 5.32 Å². The SMILES string of the molecule is C[NH+](C)Cc1ccc(CNC(=O)CCCOc2ccc(Br)cc2)cc1. The minimum absolute atomic E-state index is 0.0567. The van der Waals surface area contributed by atoms with Gasteiger partial charge in [0.1, 0.15) is 12.3 Å². The van der Waals surface area contributed by atoms with Gasteiger partial charge in [0.05, 0.1) is 20.7 Å². The fourth-order valence-corrected chi connectivity index (χ4v) is 2.69. The summed E-state index contributed by atoms with van der Waals surface area (Å²) in [5, 5.41) is 2.96. The molecule has 0 aromatic heterocycles. The average molecular weight is 406 g/mol. The van der Waals surface area contributed by atoms with Crippen LogP contribution >= 0.6 is 15.9 Å². The van der Waals surface area contributed by atoms with Gasteiger partial charge in [0.15, 0.2) is 0 Å². The number of hydrogen-bond acceptors (Lipinski definition) is 2. The van der Waals surface area contributed by atoms with Gasteiger partial charge in [-0.25, -0.2) is 0 Å². The third-order valence-electron chi connectivity index (χ3n) is 3.70. The molecule has 0 spiro atoms. The normalized spacial score (nSPS) is 10.7. The Balaban J connectivity index is 1.62. The van der Waals surface area contributed by atoms with Gasteiger partial charge < -0.3 is 15.0 Å². The Morgan fingerprint density at radius 3 is 2.32 bits per heavy atom. The van der Waals surface area contributed by atoms with Crippen molar-refractivity contribution < 1.29 is 14.4 Å². The Bertz CT molecular complexity index is 654. The lowest BCUT2D eigenvalue weighted by Gasteiger charge is -2.09. The maximum absolute atomic E-state index is 11.9. The monoisotopic (exact) mass is 405 g/mol. The molecule has 2 N–H and O–H groups in total. The van der Waals surface area contributed by atoms with Gasteiger partial charge in [-0.05, 0) is 36.2 Å². The molecule has 0 fully saturated rings. The van der Waals surface area contributed by atoms with Crippen LogP contribution in [0.25, 0.3) is 0 Å². The van der Waals surface area contributed by atoms with E-state index in [1.807, 2.05) is 24.3 Å². The molecular weight excluding hydrogens is 380 g/mol. The highest BCUT2D eigenvalue weighted by Crippen LogP contribution is 2.16.